The fourth-order valence-corrected chi connectivity index (χ4v) is 4.10. The second-order valence-corrected chi connectivity index (χ2v) is 8.91. The van der Waals surface area contributed by atoms with Crippen molar-refractivity contribution in [3.05, 3.63) is 110 Å². The first kappa shape index (κ1) is 23.8. The maximum Gasteiger partial charge on any atom is 0.355 e. The van der Waals surface area contributed by atoms with Gasteiger partial charge in [0, 0.05) is 32.6 Å². The number of benzene rings is 3. The van der Waals surface area contributed by atoms with Gasteiger partial charge in [-0.25, -0.2) is 9.78 Å². The number of halogens is 2. The molecule has 0 spiro atoms. The van der Waals surface area contributed by atoms with E-state index in [1.807, 2.05) is 66.7 Å². The first-order valence-corrected chi connectivity index (χ1v) is 11.9. The molecule has 0 radical (unpaired) electrons. The van der Waals surface area contributed by atoms with Crippen molar-refractivity contribution in [3.63, 3.8) is 0 Å². The summed E-state index contributed by atoms with van der Waals surface area (Å²) in [6.07, 6.45) is 3.58. The molecule has 172 valence electrons. The predicted molar refractivity (Wildman–Crippen MR) is 136 cm³/mol. The van der Waals surface area contributed by atoms with Crippen LogP contribution in [0.2, 0.25) is 10.0 Å². The fourth-order valence-electron chi connectivity index (χ4n) is 3.04. The van der Waals surface area contributed by atoms with Crippen LogP contribution in [-0.4, -0.2) is 16.1 Å². The van der Waals surface area contributed by atoms with Crippen LogP contribution in [-0.2, 0) is 13.2 Å². The van der Waals surface area contributed by atoms with E-state index < -0.39 is 5.97 Å². The van der Waals surface area contributed by atoms with Crippen LogP contribution in [0.5, 0.6) is 11.5 Å². The van der Waals surface area contributed by atoms with Gasteiger partial charge in [-0.2, -0.15) is 0 Å². The van der Waals surface area contributed by atoms with Crippen LogP contribution in [0.15, 0.2) is 72.1 Å². The molecule has 0 fully saturated rings. The van der Waals surface area contributed by atoms with Gasteiger partial charge in [-0.05, 0) is 35.9 Å². The van der Waals surface area contributed by atoms with Crippen molar-refractivity contribution >= 4 is 52.7 Å². The third kappa shape index (κ3) is 6.38. The topological polar surface area (TPSA) is 68.7 Å². The standard InChI is InChI=1S/C26H19Cl2NO4S/c27-22-7-3-1-5-18(22)14-32-20-11-17(9-10-25-29-24(16-34-25)26(30)31)12-21(13-20)33-15-19-6-2-4-8-23(19)28/h1-13,16H,14-15H2,(H,30,31). The first-order chi connectivity index (χ1) is 16.5. The lowest BCUT2D eigenvalue weighted by Gasteiger charge is -2.12. The quantitative estimate of drug-likeness (QED) is 0.252. The van der Waals surface area contributed by atoms with Gasteiger partial charge in [-0.1, -0.05) is 65.7 Å². The molecule has 8 heteroatoms. The Morgan fingerprint density at radius 2 is 1.44 bits per heavy atom. The summed E-state index contributed by atoms with van der Waals surface area (Å²) in [6.45, 7) is 0.594. The lowest BCUT2D eigenvalue weighted by Crippen LogP contribution is -1.99. The van der Waals surface area contributed by atoms with Crippen molar-refractivity contribution in [1.82, 2.24) is 4.98 Å². The smallest absolute Gasteiger partial charge is 0.355 e. The molecule has 0 aliphatic carbocycles. The van der Waals surface area contributed by atoms with E-state index in [0.717, 1.165) is 16.7 Å². The number of rotatable bonds is 9. The molecular formula is C26H19Cl2NO4S. The average molecular weight is 512 g/mol. The van der Waals surface area contributed by atoms with E-state index in [2.05, 4.69) is 4.98 Å². The molecule has 0 unspecified atom stereocenters. The molecule has 3 aromatic carbocycles. The van der Waals surface area contributed by atoms with Gasteiger partial charge in [-0.15, -0.1) is 11.3 Å². The monoisotopic (exact) mass is 511 g/mol. The zero-order valence-electron chi connectivity index (χ0n) is 17.8. The predicted octanol–water partition coefficient (Wildman–Crippen LogP) is 7.48. The van der Waals surface area contributed by atoms with E-state index in [0.29, 0.717) is 39.8 Å². The summed E-state index contributed by atoms with van der Waals surface area (Å²) in [4.78, 5) is 15.2. The zero-order chi connectivity index (χ0) is 23.9. The molecule has 1 heterocycles. The molecule has 1 aromatic heterocycles. The first-order valence-electron chi connectivity index (χ1n) is 10.2. The van der Waals surface area contributed by atoms with Gasteiger partial charge in [0.2, 0.25) is 0 Å². The Labute approximate surface area is 210 Å². The van der Waals surface area contributed by atoms with Crippen LogP contribution in [0.1, 0.15) is 32.2 Å². The second kappa shape index (κ2) is 11.2. The van der Waals surface area contributed by atoms with Crippen molar-refractivity contribution < 1.29 is 19.4 Å². The van der Waals surface area contributed by atoms with Crippen LogP contribution in [0.25, 0.3) is 12.2 Å². The molecule has 0 saturated carbocycles. The van der Waals surface area contributed by atoms with Crippen LogP contribution < -0.4 is 9.47 Å². The van der Waals surface area contributed by atoms with Crippen molar-refractivity contribution in [1.29, 1.82) is 0 Å². The Balaban J connectivity index is 1.56. The van der Waals surface area contributed by atoms with Gasteiger partial charge in [0.15, 0.2) is 5.69 Å². The lowest BCUT2D eigenvalue weighted by atomic mass is 10.1. The van der Waals surface area contributed by atoms with Crippen molar-refractivity contribution in [2.24, 2.45) is 0 Å². The summed E-state index contributed by atoms with van der Waals surface area (Å²) in [5, 5.41) is 12.4. The third-order valence-electron chi connectivity index (χ3n) is 4.77. The van der Waals surface area contributed by atoms with Gasteiger partial charge < -0.3 is 14.6 Å². The Morgan fingerprint density at radius 1 is 0.882 bits per heavy atom. The Kier molecular flexibility index (Phi) is 7.85. The summed E-state index contributed by atoms with van der Waals surface area (Å²) in [5.74, 6) is 0.143. The number of aromatic carboxylic acids is 1. The van der Waals surface area contributed by atoms with Crippen molar-refractivity contribution in [2.45, 2.75) is 13.2 Å². The van der Waals surface area contributed by atoms with Crippen molar-refractivity contribution in [2.75, 3.05) is 0 Å². The molecule has 5 nitrogen and oxygen atoms in total. The molecule has 0 saturated heterocycles. The molecule has 0 aliphatic heterocycles. The number of ether oxygens (including phenoxy) is 2. The van der Waals surface area contributed by atoms with Crippen LogP contribution in [0.4, 0.5) is 0 Å². The molecule has 1 N–H and O–H groups in total. The van der Waals surface area contributed by atoms with Gasteiger partial charge in [0.25, 0.3) is 0 Å². The summed E-state index contributed by atoms with van der Waals surface area (Å²) in [7, 11) is 0. The Hall–Kier alpha value is -3.32. The van der Waals surface area contributed by atoms with Gasteiger partial charge in [0.05, 0.1) is 0 Å². The molecule has 4 rings (SSSR count). The fraction of sp³-hybridized carbons (Fsp3) is 0.0769. The van der Waals surface area contributed by atoms with Gasteiger partial charge in [0.1, 0.15) is 29.7 Å². The second-order valence-electron chi connectivity index (χ2n) is 7.21. The average Bonchev–Trinajstić information content (AvgIpc) is 3.31. The summed E-state index contributed by atoms with van der Waals surface area (Å²) < 4.78 is 12.0. The maximum absolute atomic E-state index is 11.1. The summed E-state index contributed by atoms with van der Waals surface area (Å²) >= 11 is 13.8. The highest BCUT2D eigenvalue weighted by molar-refractivity contribution is 7.10. The molecule has 0 bridgehead atoms. The number of carboxylic acid groups (broad SMARTS) is 1. The Bertz CT molecular complexity index is 1270. The zero-order valence-corrected chi connectivity index (χ0v) is 20.1. The minimum absolute atomic E-state index is 0.0187. The minimum atomic E-state index is -1.05. The van der Waals surface area contributed by atoms with E-state index in [4.69, 9.17) is 37.8 Å². The van der Waals surface area contributed by atoms with Crippen molar-refractivity contribution in [3.8, 4) is 11.5 Å². The highest BCUT2D eigenvalue weighted by Crippen LogP contribution is 2.28. The molecule has 0 amide bonds. The molecule has 0 aliphatic rings. The SMILES string of the molecule is O=C(O)c1csc(C=Cc2cc(OCc3ccccc3Cl)cc(OCc3ccccc3Cl)c2)n1. The summed E-state index contributed by atoms with van der Waals surface area (Å²) in [6, 6.07) is 20.5. The Morgan fingerprint density at radius 3 is 1.94 bits per heavy atom. The highest BCUT2D eigenvalue weighted by Gasteiger charge is 2.08. The number of hydrogen-bond donors (Lipinski definition) is 1. The molecule has 0 atom stereocenters. The number of thiazole rings is 1. The van der Waals surface area contributed by atoms with Gasteiger partial charge in [-0.3, -0.25) is 0 Å². The van der Waals surface area contributed by atoms with Crippen LogP contribution in [0.3, 0.4) is 0 Å². The number of aromatic nitrogens is 1. The van der Waals surface area contributed by atoms with E-state index in [1.54, 1.807) is 12.1 Å². The number of nitrogens with zero attached hydrogens (tertiary/aromatic N) is 1. The third-order valence-corrected chi connectivity index (χ3v) is 6.31. The van der Waals surface area contributed by atoms with Crippen LogP contribution in [0, 0.1) is 0 Å². The van der Waals surface area contributed by atoms with E-state index in [1.165, 1.54) is 16.7 Å². The van der Waals surface area contributed by atoms with E-state index >= 15 is 0 Å². The van der Waals surface area contributed by atoms with Crippen LogP contribution >= 0.6 is 34.5 Å². The maximum atomic E-state index is 11.1. The number of carboxylic acids is 1. The van der Waals surface area contributed by atoms with Gasteiger partial charge >= 0.3 is 5.97 Å². The van der Waals surface area contributed by atoms with E-state index in [-0.39, 0.29) is 5.69 Å². The number of hydrogen-bond acceptors (Lipinski definition) is 5. The molecule has 34 heavy (non-hydrogen) atoms. The number of carbonyl (C=O) groups is 1. The largest absolute Gasteiger partial charge is 0.489 e. The summed E-state index contributed by atoms with van der Waals surface area (Å²) in [5.41, 5.74) is 2.56. The molecule has 4 aromatic rings. The highest BCUT2D eigenvalue weighted by atomic mass is 35.5. The van der Waals surface area contributed by atoms with E-state index in [9.17, 15) is 4.79 Å². The normalized spacial score (nSPS) is 11.0. The molecular weight excluding hydrogens is 493 g/mol. The minimum Gasteiger partial charge on any atom is -0.489 e. The lowest BCUT2D eigenvalue weighted by molar-refractivity contribution is 0.0691.